The lowest BCUT2D eigenvalue weighted by Crippen LogP contribution is -2.45. The summed E-state index contributed by atoms with van der Waals surface area (Å²) in [6.45, 7) is 2.55. The van der Waals surface area contributed by atoms with Gasteiger partial charge in [-0.1, -0.05) is 0 Å². The largest absolute Gasteiger partial charge is 0.486 e. The van der Waals surface area contributed by atoms with Crippen LogP contribution in [0.5, 0.6) is 11.5 Å². The Kier molecular flexibility index (Phi) is 5.32. The minimum atomic E-state index is -3.52. The van der Waals surface area contributed by atoms with Crippen molar-refractivity contribution >= 4 is 22.4 Å². The van der Waals surface area contributed by atoms with Crippen molar-refractivity contribution in [2.75, 3.05) is 26.3 Å². The summed E-state index contributed by atoms with van der Waals surface area (Å²) in [5, 5.41) is 3.19. The molecule has 21 heavy (non-hydrogen) atoms. The Morgan fingerprint density at radius 1 is 1.19 bits per heavy atom. The van der Waals surface area contributed by atoms with Gasteiger partial charge in [-0.25, -0.2) is 13.1 Å². The fourth-order valence-corrected chi connectivity index (χ4v) is 3.72. The van der Waals surface area contributed by atoms with Gasteiger partial charge in [0.25, 0.3) is 0 Å². The van der Waals surface area contributed by atoms with E-state index in [4.69, 9.17) is 9.47 Å². The predicted molar refractivity (Wildman–Crippen MR) is 80.9 cm³/mol. The minimum absolute atomic E-state index is 0. The molecule has 0 spiro atoms. The first-order chi connectivity index (χ1) is 9.65. The van der Waals surface area contributed by atoms with Gasteiger partial charge in [0.1, 0.15) is 13.2 Å². The van der Waals surface area contributed by atoms with E-state index < -0.39 is 10.0 Å². The Labute approximate surface area is 130 Å². The molecule has 0 saturated carbocycles. The lowest BCUT2D eigenvalue weighted by Gasteiger charge is -2.24. The molecule has 0 bridgehead atoms. The van der Waals surface area contributed by atoms with Crippen molar-refractivity contribution < 1.29 is 17.9 Å². The fourth-order valence-electron chi connectivity index (χ4n) is 2.43. The van der Waals surface area contributed by atoms with Crippen molar-refractivity contribution in [2.45, 2.75) is 23.8 Å². The van der Waals surface area contributed by atoms with E-state index in [0.717, 1.165) is 19.4 Å². The summed E-state index contributed by atoms with van der Waals surface area (Å²) in [5.74, 6) is 1.08. The summed E-state index contributed by atoms with van der Waals surface area (Å²) in [7, 11) is -3.52. The first-order valence-electron chi connectivity index (χ1n) is 6.78. The van der Waals surface area contributed by atoms with Gasteiger partial charge in [0.05, 0.1) is 4.90 Å². The van der Waals surface area contributed by atoms with Crippen LogP contribution in [0, 0.1) is 0 Å². The molecule has 0 unspecified atom stereocenters. The second-order valence-corrected chi connectivity index (χ2v) is 6.68. The van der Waals surface area contributed by atoms with Crippen LogP contribution in [0.3, 0.4) is 0 Å². The van der Waals surface area contributed by atoms with E-state index in [1.165, 1.54) is 6.07 Å². The quantitative estimate of drug-likeness (QED) is 0.859. The van der Waals surface area contributed by atoms with Gasteiger partial charge in [-0.3, -0.25) is 0 Å². The highest BCUT2D eigenvalue weighted by molar-refractivity contribution is 7.89. The summed E-state index contributed by atoms with van der Waals surface area (Å²) in [5.41, 5.74) is 0. The smallest absolute Gasteiger partial charge is 0.241 e. The van der Waals surface area contributed by atoms with Crippen LogP contribution >= 0.6 is 12.4 Å². The highest BCUT2D eigenvalue weighted by Crippen LogP contribution is 2.32. The normalized spacial score (nSPS) is 21.4. The third-order valence-corrected chi connectivity index (χ3v) is 4.96. The van der Waals surface area contributed by atoms with E-state index >= 15 is 0 Å². The summed E-state index contributed by atoms with van der Waals surface area (Å²) >= 11 is 0. The maximum Gasteiger partial charge on any atom is 0.241 e. The summed E-state index contributed by atoms with van der Waals surface area (Å²) in [6.07, 6.45) is 1.84. The predicted octanol–water partition coefficient (Wildman–Crippen LogP) is 0.910. The summed E-state index contributed by atoms with van der Waals surface area (Å²) in [6, 6.07) is 4.66. The number of benzene rings is 1. The highest BCUT2D eigenvalue weighted by atomic mass is 35.5. The van der Waals surface area contributed by atoms with E-state index in [2.05, 4.69) is 10.0 Å². The van der Waals surface area contributed by atoms with Gasteiger partial charge in [0, 0.05) is 18.7 Å². The van der Waals surface area contributed by atoms with Gasteiger partial charge in [-0.15, -0.1) is 12.4 Å². The number of hydrogen-bond acceptors (Lipinski definition) is 5. The average Bonchev–Trinajstić information content (AvgIpc) is 2.47. The Balaban J connectivity index is 0.00000161. The molecule has 1 saturated heterocycles. The molecule has 1 aromatic carbocycles. The van der Waals surface area contributed by atoms with E-state index in [9.17, 15) is 8.42 Å². The van der Waals surface area contributed by atoms with Crippen LogP contribution in [0.2, 0.25) is 0 Å². The van der Waals surface area contributed by atoms with Gasteiger partial charge in [0.2, 0.25) is 10.0 Å². The number of piperidine rings is 1. The third-order valence-electron chi connectivity index (χ3n) is 3.44. The van der Waals surface area contributed by atoms with Crippen molar-refractivity contribution in [3.05, 3.63) is 18.2 Å². The number of hydrogen-bond donors (Lipinski definition) is 2. The first-order valence-corrected chi connectivity index (χ1v) is 8.26. The van der Waals surface area contributed by atoms with Crippen molar-refractivity contribution in [3.8, 4) is 11.5 Å². The van der Waals surface area contributed by atoms with Crippen molar-refractivity contribution in [2.24, 2.45) is 0 Å². The summed E-state index contributed by atoms with van der Waals surface area (Å²) in [4.78, 5) is 0.215. The van der Waals surface area contributed by atoms with E-state index in [1.54, 1.807) is 12.1 Å². The number of ether oxygens (including phenoxy) is 2. The first kappa shape index (κ1) is 16.4. The highest BCUT2D eigenvalue weighted by Gasteiger charge is 2.23. The molecule has 118 valence electrons. The standard InChI is InChI=1S/C13H18N2O4S.ClH/c16-20(17,15-10-2-1-5-14-9-10)11-3-4-12-13(8-11)19-7-6-18-12;/h3-4,8,10,14-15H,1-2,5-7,9H2;1H/t10-;/m0./s1. The minimum Gasteiger partial charge on any atom is -0.486 e. The molecule has 0 radical (unpaired) electrons. The topological polar surface area (TPSA) is 76.7 Å². The number of halogens is 1. The average molecular weight is 335 g/mol. The lowest BCUT2D eigenvalue weighted by molar-refractivity contribution is 0.171. The van der Waals surface area contributed by atoms with Crippen LogP contribution in [0.4, 0.5) is 0 Å². The number of rotatable bonds is 3. The number of sulfonamides is 1. The Hall–Kier alpha value is -1.02. The second kappa shape index (κ2) is 6.83. The molecule has 2 N–H and O–H groups in total. The van der Waals surface area contributed by atoms with Gasteiger partial charge in [-0.2, -0.15) is 0 Å². The summed E-state index contributed by atoms with van der Waals surface area (Å²) < 4.78 is 38.2. The molecule has 2 aliphatic rings. The number of nitrogens with one attached hydrogen (secondary N) is 2. The second-order valence-electron chi connectivity index (χ2n) is 4.97. The molecule has 0 aromatic heterocycles. The zero-order valence-corrected chi connectivity index (χ0v) is 13.1. The molecule has 1 atom stereocenters. The molecular formula is C13H19ClN2O4S. The van der Waals surface area contributed by atoms with Gasteiger partial charge in [0.15, 0.2) is 11.5 Å². The van der Waals surface area contributed by atoms with Gasteiger partial charge < -0.3 is 14.8 Å². The molecule has 0 amide bonds. The molecular weight excluding hydrogens is 316 g/mol. The van der Waals surface area contributed by atoms with E-state index in [-0.39, 0.29) is 23.3 Å². The lowest BCUT2D eigenvalue weighted by atomic mass is 10.1. The monoisotopic (exact) mass is 334 g/mol. The van der Waals surface area contributed by atoms with E-state index in [0.29, 0.717) is 31.3 Å². The number of fused-ring (bicyclic) bond motifs is 1. The van der Waals surface area contributed by atoms with Crippen molar-refractivity contribution in [1.29, 1.82) is 0 Å². The Bertz CT molecular complexity index is 588. The van der Waals surface area contributed by atoms with Crippen LogP contribution in [0.15, 0.2) is 23.1 Å². The van der Waals surface area contributed by atoms with Crippen LogP contribution in [0.1, 0.15) is 12.8 Å². The molecule has 8 heteroatoms. The van der Waals surface area contributed by atoms with Crippen LogP contribution in [-0.2, 0) is 10.0 Å². The zero-order chi connectivity index (χ0) is 14.0. The van der Waals surface area contributed by atoms with Crippen LogP contribution in [-0.4, -0.2) is 40.8 Å². The molecule has 2 heterocycles. The molecule has 0 aliphatic carbocycles. The Morgan fingerprint density at radius 3 is 2.67 bits per heavy atom. The molecule has 3 rings (SSSR count). The third kappa shape index (κ3) is 3.79. The SMILES string of the molecule is Cl.O=S(=O)(N[C@H]1CCCNC1)c1ccc2c(c1)OCCO2. The van der Waals surface area contributed by atoms with Gasteiger partial charge >= 0.3 is 0 Å². The van der Waals surface area contributed by atoms with Crippen molar-refractivity contribution in [1.82, 2.24) is 10.0 Å². The van der Waals surface area contributed by atoms with E-state index in [1.807, 2.05) is 0 Å². The van der Waals surface area contributed by atoms with Crippen molar-refractivity contribution in [3.63, 3.8) is 0 Å². The van der Waals surface area contributed by atoms with Crippen LogP contribution in [0.25, 0.3) is 0 Å². The zero-order valence-electron chi connectivity index (χ0n) is 11.5. The molecule has 1 aromatic rings. The maximum absolute atomic E-state index is 12.4. The fraction of sp³-hybridized carbons (Fsp3) is 0.538. The van der Waals surface area contributed by atoms with Crippen LogP contribution < -0.4 is 19.5 Å². The van der Waals surface area contributed by atoms with Gasteiger partial charge in [-0.05, 0) is 31.5 Å². The molecule has 6 nitrogen and oxygen atoms in total. The molecule has 1 fully saturated rings. The maximum atomic E-state index is 12.4. The molecule has 2 aliphatic heterocycles. The Morgan fingerprint density at radius 2 is 1.95 bits per heavy atom.